The molecule has 1 aromatic carbocycles. The first-order chi connectivity index (χ1) is 11.7. The molecule has 1 atom stereocenters. The number of aromatic nitrogens is 1. The van der Waals surface area contributed by atoms with E-state index in [4.69, 9.17) is 0 Å². The summed E-state index contributed by atoms with van der Waals surface area (Å²) >= 11 is -0.839. The molecule has 2 aliphatic rings. The van der Waals surface area contributed by atoms with Crippen molar-refractivity contribution in [2.45, 2.75) is 71.1 Å². The number of H-pyrrole nitrogens is 1. The molecule has 1 unspecified atom stereocenters. The van der Waals surface area contributed by atoms with Crippen LogP contribution in [0.5, 0.6) is 0 Å². The molecule has 1 aromatic heterocycles. The monoisotopic (exact) mass is 479 g/mol. The normalized spacial score (nSPS) is 17.9. The average Bonchev–Trinajstić information content (AvgIpc) is 2.97. The van der Waals surface area contributed by atoms with Crippen molar-refractivity contribution in [1.82, 2.24) is 4.98 Å². The molecule has 0 aliphatic heterocycles. The Hall–Kier alpha value is -0.297. The number of fused-ring (bicyclic) bond motifs is 3. The predicted molar refractivity (Wildman–Crippen MR) is 103 cm³/mol. The molecule has 2 aromatic rings. The fourth-order valence-corrected chi connectivity index (χ4v) is 8.99. The van der Waals surface area contributed by atoms with Crippen LogP contribution >= 0.6 is 0 Å². The molecule has 4 heteroatoms. The van der Waals surface area contributed by atoms with Crippen LogP contribution in [0.25, 0.3) is 3.28 Å². The molecule has 0 saturated heterocycles. The summed E-state index contributed by atoms with van der Waals surface area (Å²) in [6, 6.07) is 9.19. The van der Waals surface area contributed by atoms with Gasteiger partial charge in [0.2, 0.25) is 0 Å². The van der Waals surface area contributed by atoms with Gasteiger partial charge in [-0.15, -0.1) is 0 Å². The van der Waals surface area contributed by atoms with Gasteiger partial charge in [0.15, 0.2) is 0 Å². The van der Waals surface area contributed by atoms with E-state index in [0.717, 1.165) is 5.92 Å². The molecule has 144 valence electrons. The molecule has 1 saturated carbocycles. The van der Waals surface area contributed by atoms with Crippen LogP contribution in [0.2, 0.25) is 0 Å². The van der Waals surface area contributed by atoms with Crippen molar-refractivity contribution in [3.8, 4) is 0 Å². The number of allylic oxidation sites excluding steroid dienone is 1. The molecule has 0 amide bonds. The standard InChI is InChI=1S/C12H20N.C11H9.2ClH.Zr/c1-11(2,3)9-7-13-8-10(9)12(4,5)6;1-2-4-10-8(3-1)7-9-5-6-11(9)10;;;/h7,13H,1-6H3;1-4,11H,5-6H2;2*1H;/q;;;;+2/p-2. The van der Waals surface area contributed by atoms with E-state index in [9.17, 15) is 0 Å². The van der Waals surface area contributed by atoms with Crippen LogP contribution in [0.4, 0.5) is 0 Å². The van der Waals surface area contributed by atoms with Crippen LogP contribution in [-0.4, -0.2) is 4.98 Å². The van der Waals surface area contributed by atoms with Crippen LogP contribution in [0.15, 0.2) is 36.0 Å². The second-order valence-corrected chi connectivity index (χ2v) is 12.7. The van der Waals surface area contributed by atoms with Gasteiger partial charge in [-0.05, 0) is 0 Å². The summed E-state index contributed by atoms with van der Waals surface area (Å²) in [6.07, 6.45) is 4.99. The van der Waals surface area contributed by atoms with Gasteiger partial charge >= 0.3 is 164 Å². The Morgan fingerprint density at radius 2 is 1.63 bits per heavy atom. The fourth-order valence-electron chi connectivity index (χ4n) is 4.44. The van der Waals surface area contributed by atoms with E-state index in [1.54, 1.807) is 28.9 Å². The molecule has 0 radical (unpaired) electrons. The number of hydrogen-bond donors (Lipinski definition) is 1. The molecule has 1 fully saturated rings. The van der Waals surface area contributed by atoms with Crippen molar-refractivity contribution >= 4 is 6.68 Å². The molecule has 4 rings (SSSR count). The molecule has 27 heavy (non-hydrogen) atoms. The quantitative estimate of drug-likeness (QED) is 0.603. The number of hydrogen-bond acceptors (Lipinski definition) is 0. The van der Waals surface area contributed by atoms with E-state index < -0.39 is 23.2 Å². The maximum atomic E-state index is 3.75. The number of halogens is 2. The Bertz CT molecular complexity index is 865. The molecule has 1 N–H and O–H groups in total. The van der Waals surface area contributed by atoms with Gasteiger partial charge in [0.05, 0.1) is 0 Å². The Morgan fingerprint density at radius 1 is 0.963 bits per heavy atom. The minimum atomic E-state index is -0.839. The van der Waals surface area contributed by atoms with E-state index in [1.165, 1.54) is 18.4 Å². The molecule has 1 heterocycles. The first-order valence-electron chi connectivity index (χ1n) is 9.49. The van der Waals surface area contributed by atoms with Gasteiger partial charge in [0, 0.05) is 0 Å². The van der Waals surface area contributed by atoms with E-state index in [2.05, 4.69) is 77.0 Å². The fraction of sp³-hybridized carbons (Fsp3) is 0.478. The maximum Gasteiger partial charge on any atom is -1.00 e. The number of nitrogens with one attached hydrogen (secondary N) is 1. The summed E-state index contributed by atoms with van der Waals surface area (Å²) in [5, 5.41) is 0. The zero-order valence-corrected chi connectivity index (χ0v) is 21.1. The molecular weight excluding hydrogens is 452 g/mol. The van der Waals surface area contributed by atoms with Crippen LogP contribution in [0.1, 0.15) is 82.6 Å². The van der Waals surface area contributed by atoms with Crippen molar-refractivity contribution in [2.24, 2.45) is 0 Å². The summed E-state index contributed by atoms with van der Waals surface area (Å²) in [4.78, 5) is 3.75. The Morgan fingerprint density at radius 3 is 2.19 bits per heavy atom. The molecule has 0 spiro atoms. The molecular formula is C23H29Cl2NZr. The van der Waals surface area contributed by atoms with Crippen LogP contribution in [0, 0.1) is 0 Å². The van der Waals surface area contributed by atoms with Gasteiger partial charge in [-0.1, -0.05) is 0 Å². The van der Waals surface area contributed by atoms with Crippen molar-refractivity contribution in [2.75, 3.05) is 0 Å². The summed E-state index contributed by atoms with van der Waals surface area (Å²) in [5.74, 6) is 0.752. The van der Waals surface area contributed by atoms with Crippen molar-refractivity contribution in [3.63, 3.8) is 0 Å². The van der Waals surface area contributed by atoms with Gasteiger partial charge in [0.1, 0.15) is 0 Å². The van der Waals surface area contributed by atoms with E-state index >= 15 is 0 Å². The Kier molecular flexibility index (Phi) is 6.68. The summed E-state index contributed by atoms with van der Waals surface area (Å²) in [5.41, 5.74) is 8.47. The zero-order chi connectivity index (χ0) is 18.0. The Balaban J connectivity index is 0.00000131. The third-order valence-electron chi connectivity index (χ3n) is 5.74. The van der Waals surface area contributed by atoms with Gasteiger partial charge in [-0.3, -0.25) is 0 Å². The molecule has 0 bridgehead atoms. The second kappa shape index (κ2) is 7.85. The number of rotatable bonds is 2. The van der Waals surface area contributed by atoms with Crippen molar-refractivity contribution in [1.29, 1.82) is 0 Å². The first kappa shape index (κ1) is 23.0. The number of benzene rings is 1. The first-order valence-corrected chi connectivity index (χ1v) is 12.0. The predicted octanol–water partition coefficient (Wildman–Crippen LogP) is -0.372. The van der Waals surface area contributed by atoms with Gasteiger partial charge in [0.25, 0.3) is 0 Å². The number of aromatic amines is 1. The summed E-state index contributed by atoms with van der Waals surface area (Å²) in [6.45, 7) is 14.2. The largest absolute Gasteiger partial charge is 1.00 e. The van der Waals surface area contributed by atoms with E-state index in [-0.39, 0.29) is 35.6 Å². The van der Waals surface area contributed by atoms with Gasteiger partial charge in [-0.2, -0.15) is 0 Å². The third kappa shape index (κ3) is 3.92. The molecule has 2 aliphatic carbocycles. The van der Waals surface area contributed by atoms with Crippen LogP contribution in [-0.2, 0) is 34.1 Å². The topological polar surface area (TPSA) is 15.8 Å². The summed E-state index contributed by atoms with van der Waals surface area (Å²) in [7, 11) is 0. The average molecular weight is 482 g/mol. The SMILES string of the molecule is CC(C)(C)c1c[nH][c]([Zr+2][C]2=C3CCC3c3ccccc32)c1C(C)(C)C.[Cl-].[Cl-]. The minimum Gasteiger partial charge on any atom is -1.00 e. The summed E-state index contributed by atoms with van der Waals surface area (Å²) < 4.78 is 3.36. The van der Waals surface area contributed by atoms with Gasteiger partial charge < -0.3 is 24.8 Å². The van der Waals surface area contributed by atoms with Crippen LogP contribution in [0.3, 0.4) is 0 Å². The zero-order valence-electron chi connectivity index (χ0n) is 17.1. The Labute approximate surface area is 188 Å². The smallest absolute Gasteiger partial charge is 1.00 e. The second-order valence-electron chi connectivity index (χ2n) is 9.66. The van der Waals surface area contributed by atoms with Gasteiger partial charge in [-0.25, -0.2) is 0 Å². The maximum absolute atomic E-state index is 3.75. The third-order valence-corrected chi connectivity index (χ3v) is 9.39. The van der Waals surface area contributed by atoms with Crippen LogP contribution < -0.4 is 28.2 Å². The van der Waals surface area contributed by atoms with E-state index in [1.807, 2.05) is 0 Å². The van der Waals surface area contributed by atoms with Crippen molar-refractivity contribution in [3.05, 3.63) is 58.3 Å². The van der Waals surface area contributed by atoms with Crippen molar-refractivity contribution < 1.29 is 48.0 Å². The minimum absolute atomic E-state index is 0. The molecule has 1 nitrogen and oxygen atoms in total. The van der Waals surface area contributed by atoms with E-state index in [0.29, 0.717) is 0 Å².